The van der Waals surface area contributed by atoms with E-state index in [0.717, 1.165) is 57.1 Å². The maximum absolute atomic E-state index is 5.46. The summed E-state index contributed by atoms with van der Waals surface area (Å²) in [6, 6.07) is 10.6. The highest BCUT2D eigenvalue weighted by molar-refractivity contribution is 5.81. The predicted molar refractivity (Wildman–Crippen MR) is 86.8 cm³/mol. The Morgan fingerprint density at radius 2 is 2.05 bits per heavy atom. The van der Waals surface area contributed by atoms with Gasteiger partial charge >= 0.3 is 0 Å². The van der Waals surface area contributed by atoms with Gasteiger partial charge in [-0.3, -0.25) is 0 Å². The van der Waals surface area contributed by atoms with Gasteiger partial charge in [0.1, 0.15) is 5.82 Å². The normalized spacial score (nSPS) is 15.6. The molecule has 4 heteroatoms. The number of para-hydroxylation sites is 1. The number of benzene rings is 1. The molecule has 21 heavy (non-hydrogen) atoms. The summed E-state index contributed by atoms with van der Waals surface area (Å²) < 4.78 is 5.46. The van der Waals surface area contributed by atoms with Crippen LogP contribution in [0.3, 0.4) is 0 Å². The number of morpholine rings is 1. The van der Waals surface area contributed by atoms with Crippen LogP contribution in [0.25, 0.3) is 10.9 Å². The SMILES string of the molecule is CCCNCc1cc2ccccc2nc1N1CCOCC1. The maximum Gasteiger partial charge on any atom is 0.133 e. The Labute approximate surface area is 126 Å². The highest BCUT2D eigenvalue weighted by atomic mass is 16.5. The van der Waals surface area contributed by atoms with E-state index in [2.05, 4.69) is 41.4 Å². The fourth-order valence-electron chi connectivity index (χ4n) is 2.73. The topological polar surface area (TPSA) is 37.4 Å². The number of ether oxygens (including phenoxy) is 1. The van der Waals surface area contributed by atoms with Crippen LogP contribution in [0.15, 0.2) is 30.3 Å². The summed E-state index contributed by atoms with van der Waals surface area (Å²) in [5.41, 5.74) is 2.35. The molecule has 1 aliphatic rings. The lowest BCUT2D eigenvalue weighted by Gasteiger charge is -2.30. The van der Waals surface area contributed by atoms with Gasteiger partial charge in [0.25, 0.3) is 0 Å². The summed E-state index contributed by atoms with van der Waals surface area (Å²) in [6.07, 6.45) is 1.15. The molecule has 0 spiro atoms. The molecule has 0 radical (unpaired) electrons. The minimum atomic E-state index is 0.788. The van der Waals surface area contributed by atoms with E-state index in [-0.39, 0.29) is 0 Å². The minimum Gasteiger partial charge on any atom is -0.378 e. The molecule has 0 amide bonds. The monoisotopic (exact) mass is 285 g/mol. The van der Waals surface area contributed by atoms with Crippen molar-refractivity contribution in [3.05, 3.63) is 35.9 Å². The van der Waals surface area contributed by atoms with Gasteiger partial charge in [0.15, 0.2) is 0 Å². The second kappa shape index (κ2) is 6.87. The molecular weight excluding hydrogens is 262 g/mol. The highest BCUT2D eigenvalue weighted by Crippen LogP contribution is 2.24. The van der Waals surface area contributed by atoms with Crippen molar-refractivity contribution in [2.45, 2.75) is 19.9 Å². The van der Waals surface area contributed by atoms with E-state index in [0.29, 0.717) is 0 Å². The molecule has 0 unspecified atom stereocenters. The first kappa shape index (κ1) is 14.3. The van der Waals surface area contributed by atoms with Crippen LogP contribution in [-0.2, 0) is 11.3 Å². The maximum atomic E-state index is 5.46. The van der Waals surface area contributed by atoms with Gasteiger partial charge in [-0.15, -0.1) is 0 Å². The van der Waals surface area contributed by atoms with Gasteiger partial charge in [-0.1, -0.05) is 25.1 Å². The largest absolute Gasteiger partial charge is 0.378 e. The predicted octanol–water partition coefficient (Wildman–Crippen LogP) is 2.57. The summed E-state index contributed by atoms with van der Waals surface area (Å²) in [6.45, 7) is 7.52. The molecule has 1 N–H and O–H groups in total. The number of nitrogens with one attached hydrogen (secondary N) is 1. The van der Waals surface area contributed by atoms with Crippen LogP contribution < -0.4 is 10.2 Å². The van der Waals surface area contributed by atoms with E-state index in [1.54, 1.807) is 0 Å². The minimum absolute atomic E-state index is 0.788. The van der Waals surface area contributed by atoms with Crippen molar-refractivity contribution in [1.29, 1.82) is 0 Å². The lowest BCUT2D eigenvalue weighted by Crippen LogP contribution is -2.37. The quantitative estimate of drug-likeness (QED) is 0.857. The number of aromatic nitrogens is 1. The fourth-order valence-corrected chi connectivity index (χ4v) is 2.73. The van der Waals surface area contributed by atoms with Gasteiger partial charge in [-0.25, -0.2) is 4.98 Å². The zero-order valence-electron chi connectivity index (χ0n) is 12.6. The molecule has 1 saturated heterocycles. The van der Waals surface area contributed by atoms with Crippen LogP contribution in [-0.4, -0.2) is 37.8 Å². The molecule has 2 aromatic rings. The molecule has 0 aliphatic carbocycles. The molecule has 1 fully saturated rings. The highest BCUT2D eigenvalue weighted by Gasteiger charge is 2.17. The summed E-state index contributed by atoms with van der Waals surface area (Å²) >= 11 is 0. The van der Waals surface area contributed by atoms with Crippen molar-refractivity contribution in [2.24, 2.45) is 0 Å². The van der Waals surface area contributed by atoms with Gasteiger partial charge in [0.2, 0.25) is 0 Å². The second-order valence-corrected chi connectivity index (χ2v) is 5.44. The van der Waals surface area contributed by atoms with E-state index < -0.39 is 0 Å². The van der Waals surface area contributed by atoms with Crippen LogP contribution in [0.2, 0.25) is 0 Å². The number of hydrogen-bond donors (Lipinski definition) is 1. The smallest absolute Gasteiger partial charge is 0.133 e. The Morgan fingerprint density at radius 1 is 1.24 bits per heavy atom. The third-order valence-electron chi connectivity index (χ3n) is 3.83. The average Bonchev–Trinajstić information content (AvgIpc) is 2.55. The number of hydrogen-bond acceptors (Lipinski definition) is 4. The van der Waals surface area contributed by atoms with E-state index in [1.807, 2.05) is 6.07 Å². The van der Waals surface area contributed by atoms with Crippen molar-refractivity contribution in [2.75, 3.05) is 37.7 Å². The number of rotatable bonds is 5. The molecule has 1 aliphatic heterocycles. The standard InChI is InChI=1S/C17H23N3O/c1-2-7-18-13-15-12-14-5-3-4-6-16(14)19-17(15)20-8-10-21-11-9-20/h3-6,12,18H,2,7-11,13H2,1H3. The molecule has 0 bridgehead atoms. The van der Waals surface area contributed by atoms with Crippen molar-refractivity contribution < 1.29 is 4.74 Å². The summed E-state index contributed by atoms with van der Waals surface area (Å²) in [7, 11) is 0. The zero-order chi connectivity index (χ0) is 14.5. The summed E-state index contributed by atoms with van der Waals surface area (Å²) in [5.74, 6) is 1.11. The van der Waals surface area contributed by atoms with Crippen LogP contribution >= 0.6 is 0 Å². The van der Waals surface area contributed by atoms with E-state index >= 15 is 0 Å². The van der Waals surface area contributed by atoms with E-state index in [9.17, 15) is 0 Å². The van der Waals surface area contributed by atoms with Gasteiger partial charge in [0, 0.05) is 30.6 Å². The van der Waals surface area contributed by atoms with Crippen molar-refractivity contribution >= 4 is 16.7 Å². The molecule has 1 aromatic carbocycles. The van der Waals surface area contributed by atoms with Crippen LogP contribution in [0, 0.1) is 0 Å². The van der Waals surface area contributed by atoms with Crippen molar-refractivity contribution in [1.82, 2.24) is 10.3 Å². The van der Waals surface area contributed by atoms with Crippen molar-refractivity contribution in [3.63, 3.8) is 0 Å². The first-order valence-corrected chi connectivity index (χ1v) is 7.80. The molecule has 4 nitrogen and oxygen atoms in total. The average molecular weight is 285 g/mol. The van der Waals surface area contributed by atoms with Crippen LogP contribution in [0.5, 0.6) is 0 Å². The van der Waals surface area contributed by atoms with Gasteiger partial charge in [0.05, 0.1) is 18.7 Å². The lowest BCUT2D eigenvalue weighted by atomic mass is 10.1. The third-order valence-corrected chi connectivity index (χ3v) is 3.83. The molecule has 0 atom stereocenters. The fraction of sp³-hybridized carbons (Fsp3) is 0.471. The first-order chi connectivity index (χ1) is 10.4. The Kier molecular flexibility index (Phi) is 4.68. The molecule has 3 rings (SSSR count). The zero-order valence-corrected chi connectivity index (χ0v) is 12.6. The molecule has 2 heterocycles. The molecular formula is C17H23N3O. The van der Waals surface area contributed by atoms with Crippen LogP contribution in [0.1, 0.15) is 18.9 Å². The van der Waals surface area contributed by atoms with Gasteiger partial charge in [-0.05, 0) is 25.1 Å². The number of pyridine rings is 1. The van der Waals surface area contributed by atoms with Gasteiger partial charge in [-0.2, -0.15) is 0 Å². The van der Waals surface area contributed by atoms with Gasteiger partial charge < -0.3 is 15.0 Å². The Hall–Kier alpha value is -1.65. The van der Waals surface area contributed by atoms with E-state index in [1.165, 1.54) is 10.9 Å². The molecule has 112 valence electrons. The second-order valence-electron chi connectivity index (χ2n) is 5.44. The number of nitrogens with zero attached hydrogens (tertiary/aromatic N) is 2. The molecule has 1 aromatic heterocycles. The Bertz CT molecular complexity index is 594. The Morgan fingerprint density at radius 3 is 2.86 bits per heavy atom. The number of fused-ring (bicyclic) bond motifs is 1. The number of anilines is 1. The summed E-state index contributed by atoms with van der Waals surface area (Å²) in [5, 5.41) is 4.71. The lowest BCUT2D eigenvalue weighted by molar-refractivity contribution is 0.122. The summed E-state index contributed by atoms with van der Waals surface area (Å²) in [4.78, 5) is 7.25. The Balaban J connectivity index is 1.94. The van der Waals surface area contributed by atoms with E-state index in [4.69, 9.17) is 9.72 Å². The third kappa shape index (κ3) is 3.34. The first-order valence-electron chi connectivity index (χ1n) is 7.80. The van der Waals surface area contributed by atoms with Crippen LogP contribution in [0.4, 0.5) is 5.82 Å². The van der Waals surface area contributed by atoms with Crippen molar-refractivity contribution in [3.8, 4) is 0 Å². The molecule has 0 saturated carbocycles.